The summed E-state index contributed by atoms with van der Waals surface area (Å²) in [7, 11) is 0. The number of hydrogen-bond acceptors (Lipinski definition) is 3. The molecule has 6 heteroatoms. The van der Waals surface area contributed by atoms with Crippen molar-refractivity contribution in [3.63, 3.8) is 0 Å². The average molecular weight is 294 g/mol. The quantitative estimate of drug-likeness (QED) is 0.372. The molecule has 0 N–H and O–H groups in total. The second-order valence-electron chi connectivity index (χ2n) is 4.06. The van der Waals surface area contributed by atoms with E-state index in [1.54, 1.807) is 30.3 Å². The van der Waals surface area contributed by atoms with Gasteiger partial charge in [0.2, 0.25) is 0 Å². The molecule has 0 spiro atoms. The number of hydrogen-bond donors (Lipinski definition) is 0. The molecule has 4 nitrogen and oxygen atoms in total. The third kappa shape index (κ3) is 2.83. The maximum atomic E-state index is 13.8. The third-order valence-electron chi connectivity index (χ3n) is 2.75. The number of nitro benzene ring substituents is 1. The Labute approximate surface area is 119 Å². The molecule has 2 aromatic rings. The second-order valence-corrected chi connectivity index (χ2v) is 4.50. The minimum Gasteiger partial charge on any atom is -0.292 e. The van der Waals surface area contributed by atoms with Crippen molar-refractivity contribution in [1.29, 1.82) is 0 Å². The predicted molar refractivity (Wildman–Crippen MR) is 72.4 cm³/mol. The van der Waals surface area contributed by atoms with Crippen LogP contribution >= 0.6 is 11.6 Å². The summed E-state index contributed by atoms with van der Waals surface area (Å²) in [4.78, 5) is 21.9. The molecule has 0 amide bonds. The molecule has 0 radical (unpaired) electrons. The number of non-ortho nitro benzene ring substituents is 1. The summed E-state index contributed by atoms with van der Waals surface area (Å²) >= 11 is 6.02. The van der Waals surface area contributed by atoms with Crippen LogP contribution in [0.25, 0.3) is 0 Å². The van der Waals surface area contributed by atoms with E-state index in [1.807, 2.05) is 0 Å². The van der Waals surface area contributed by atoms with Crippen molar-refractivity contribution >= 4 is 23.1 Å². The Hall–Kier alpha value is -2.27. The molecular formula is C14H9ClFNO3. The molecule has 0 aliphatic carbocycles. The highest BCUT2D eigenvalue weighted by molar-refractivity contribution is 6.33. The van der Waals surface area contributed by atoms with E-state index in [1.165, 1.54) is 0 Å². The summed E-state index contributed by atoms with van der Waals surface area (Å²) < 4.78 is 13.8. The lowest BCUT2D eigenvalue weighted by atomic mass is 10.0. The van der Waals surface area contributed by atoms with Gasteiger partial charge < -0.3 is 0 Å². The smallest absolute Gasteiger partial charge is 0.272 e. The predicted octanol–water partition coefficient (Wildman–Crippen LogP) is 3.90. The first kappa shape index (κ1) is 14.1. The van der Waals surface area contributed by atoms with Crippen molar-refractivity contribution in [3.8, 4) is 0 Å². The van der Waals surface area contributed by atoms with Crippen LogP contribution in [0.3, 0.4) is 0 Å². The van der Waals surface area contributed by atoms with Crippen molar-refractivity contribution in [2.24, 2.45) is 0 Å². The Morgan fingerprint density at radius 1 is 1.20 bits per heavy atom. The highest BCUT2D eigenvalue weighted by Crippen LogP contribution is 2.27. The van der Waals surface area contributed by atoms with Crippen LogP contribution in [-0.4, -0.2) is 10.7 Å². The minimum atomic E-state index is -1.04. The summed E-state index contributed by atoms with van der Waals surface area (Å²) in [6, 6.07) is 11.4. The molecule has 0 aliphatic rings. The number of nitrogens with zero attached hydrogens (tertiary/aromatic N) is 1. The molecule has 2 aromatic carbocycles. The number of carbonyl (C=O) groups excluding carboxylic acids is 1. The standard InChI is InChI=1S/C14H9ClFNO3/c15-13(9-4-2-1-3-5-9)14(18)11-7-6-10(17(19)20)8-12(11)16/h1-8,13H. The van der Waals surface area contributed by atoms with E-state index >= 15 is 0 Å². The molecule has 20 heavy (non-hydrogen) atoms. The first-order valence-electron chi connectivity index (χ1n) is 5.68. The molecule has 102 valence electrons. The molecule has 0 bridgehead atoms. The highest BCUT2D eigenvalue weighted by Gasteiger charge is 2.23. The van der Waals surface area contributed by atoms with E-state index in [0.717, 1.165) is 12.1 Å². The fourth-order valence-corrected chi connectivity index (χ4v) is 1.99. The molecule has 0 saturated heterocycles. The van der Waals surface area contributed by atoms with E-state index in [2.05, 4.69) is 0 Å². The van der Waals surface area contributed by atoms with Gasteiger partial charge in [-0.25, -0.2) is 4.39 Å². The van der Waals surface area contributed by atoms with Crippen molar-refractivity contribution in [1.82, 2.24) is 0 Å². The molecule has 0 aromatic heterocycles. The van der Waals surface area contributed by atoms with Gasteiger partial charge in [-0.3, -0.25) is 14.9 Å². The Kier molecular flexibility index (Phi) is 4.10. The first-order valence-corrected chi connectivity index (χ1v) is 6.11. The van der Waals surface area contributed by atoms with Crippen LogP contribution in [0, 0.1) is 15.9 Å². The van der Waals surface area contributed by atoms with Crippen molar-refractivity contribution in [2.45, 2.75) is 5.38 Å². The van der Waals surface area contributed by atoms with Gasteiger partial charge in [-0.2, -0.15) is 0 Å². The van der Waals surface area contributed by atoms with E-state index in [9.17, 15) is 19.3 Å². The molecule has 0 aliphatic heterocycles. The molecule has 1 atom stereocenters. The molecule has 2 rings (SSSR count). The summed E-state index contributed by atoms with van der Waals surface area (Å²) in [5.74, 6) is -1.59. The second kappa shape index (κ2) is 5.79. The van der Waals surface area contributed by atoms with E-state index in [4.69, 9.17) is 11.6 Å². The monoisotopic (exact) mass is 293 g/mol. The first-order chi connectivity index (χ1) is 9.50. The van der Waals surface area contributed by atoms with Crippen LogP contribution in [0.1, 0.15) is 21.3 Å². The summed E-state index contributed by atoms with van der Waals surface area (Å²) in [5.41, 5.74) is -0.138. The van der Waals surface area contributed by atoms with Crippen LogP contribution in [0.5, 0.6) is 0 Å². The SMILES string of the molecule is O=C(c1ccc([N+](=O)[O-])cc1F)C(Cl)c1ccccc1. The average Bonchev–Trinajstić information content (AvgIpc) is 2.46. The lowest BCUT2D eigenvalue weighted by molar-refractivity contribution is -0.385. The van der Waals surface area contributed by atoms with Gasteiger partial charge in [-0.15, -0.1) is 11.6 Å². The number of carbonyl (C=O) groups is 1. The topological polar surface area (TPSA) is 60.2 Å². The summed E-state index contributed by atoms with van der Waals surface area (Å²) in [6.07, 6.45) is 0. The number of nitro groups is 1. The Balaban J connectivity index is 2.32. The van der Waals surface area contributed by atoms with E-state index < -0.39 is 27.6 Å². The lowest BCUT2D eigenvalue weighted by Crippen LogP contribution is -2.10. The highest BCUT2D eigenvalue weighted by atomic mass is 35.5. The van der Waals surface area contributed by atoms with Gasteiger partial charge in [-0.05, 0) is 11.6 Å². The zero-order chi connectivity index (χ0) is 14.7. The molecule has 0 saturated carbocycles. The fourth-order valence-electron chi connectivity index (χ4n) is 1.73. The fraction of sp³-hybridized carbons (Fsp3) is 0.0714. The van der Waals surface area contributed by atoms with Crippen LogP contribution in [-0.2, 0) is 0 Å². The summed E-state index contributed by atoms with van der Waals surface area (Å²) in [6.45, 7) is 0. The normalized spacial score (nSPS) is 11.9. The van der Waals surface area contributed by atoms with Gasteiger partial charge in [0.1, 0.15) is 11.2 Å². The number of alkyl halides is 1. The number of Topliss-reactive ketones (excluding diaryl/α,β-unsaturated/α-hetero) is 1. The lowest BCUT2D eigenvalue weighted by Gasteiger charge is -2.09. The van der Waals surface area contributed by atoms with Gasteiger partial charge in [-0.1, -0.05) is 30.3 Å². The summed E-state index contributed by atoms with van der Waals surface area (Å²) in [5, 5.41) is 9.48. The largest absolute Gasteiger partial charge is 0.292 e. The molecule has 0 fully saturated rings. The molecule has 1 unspecified atom stereocenters. The van der Waals surface area contributed by atoms with Crippen LogP contribution in [0.2, 0.25) is 0 Å². The maximum absolute atomic E-state index is 13.8. The van der Waals surface area contributed by atoms with Crippen LogP contribution in [0.4, 0.5) is 10.1 Å². The molecular weight excluding hydrogens is 285 g/mol. The van der Waals surface area contributed by atoms with Crippen LogP contribution < -0.4 is 0 Å². The van der Waals surface area contributed by atoms with Gasteiger partial charge in [0, 0.05) is 6.07 Å². The van der Waals surface area contributed by atoms with Crippen molar-refractivity contribution in [3.05, 3.63) is 75.6 Å². The number of benzene rings is 2. The van der Waals surface area contributed by atoms with E-state index in [0.29, 0.717) is 11.6 Å². The maximum Gasteiger partial charge on any atom is 0.272 e. The Morgan fingerprint density at radius 3 is 2.40 bits per heavy atom. The van der Waals surface area contributed by atoms with Gasteiger partial charge in [0.05, 0.1) is 16.6 Å². The molecule has 0 heterocycles. The van der Waals surface area contributed by atoms with Gasteiger partial charge in [0.25, 0.3) is 5.69 Å². The Morgan fingerprint density at radius 2 is 1.85 bits per heavy atom. The number of rotatable bonds is 4. The number of ketones is 1. The zero-order valence-corrected chi connectivity index (χ0v) is 10.9. The number of halogens is 2. The van der Waals surface area contributed by atoms with E-state index in [-0.39, 0.29) is 5.56 Å². The van der Waals surface area contributed by atoms with Crippen LogP contribution in [0.15, 0.2) is 48.5 Å². The van der Waals surface area contributed by atoms with Gasteiger partial charge >= 0.3 is 0 Å². The van der Waals surface area contributed by atoms with Gasteiger partial charge in [0.15, 0.2) is 5.78 Å². The minimum absolute atomic E-state index is 0.264. The zero-order valence-electron chi connectivity index (χ0n) is 10.1. The Bertz CT molecular complexity index is 661. The van der Waals surface area contributed by atoms with Crippen molar-refractivity contribution < 1.29 is 14.1 Å². The third-order valence-corrected chi connectivity index (χ3v) is 3.20. The van der Waals surface area contributed by atoms with Crippen molar-refractivity contribution in [2.75, 3.05) is 0 Å².